The summed E-state index contributed by atoms with van der Waals surface area (Å²) in [5.74, 6) is 4.47. The van der Waals surface area contributed by atoms with Gasteiger partial charge in [-0.15, -0.1) is 0 Å². The van der Waals surface area contributed by atoms with E-state index in [9.17, 15) is 13.2 Å². The minimum absolute atomic E-state index is 0.0750. The molecule has 1 heterocycles. The number of alkyl halides is 3. The predicted octanol–water partition coefficient (Wildman–Crippen LogP) is 3.12. The number of nitrogens with two attached hydrogens (primary N) is 1. The molecule has 1 aromatic carbocycles. The first-order chi connectivity index (χ1) is 9.88. The number of ether oxygens (including phenoxy) is 1. The quantitative estimate of drug-likeness (QED) is 0.645. The van der Waals surface area contributed by atoms with Gasteiger partial charge < -0.3 is 4.74 Å². The predicted molar refractivity (Wildman–Crippen MR) is 73.3 cm³/mol. The van der Waals surface area contributed by atoms with E-state index >= 15 is 0 Å². The number of aromatic nitrogens is 2. The molecule has 0 saturated heterocycles. The van der Waals surface area contributed by atoms with Crippen LogP contribution in [0.2, 0.25) is 0 Å². The maximum Gasteiger partial charge on any atom is 0.433 e. The van der Waals surface area contributed by atoms with Gasteiger partial charge in [0.15, 0.2) is 5.69 Å². The van der Waals surface area contributed by atoms with Crippen LogP contribution in [0.4, 0.5) is 19.1 Å². The number of anilines is 1. The number of benzene rings is 1. The molecule has 0 bridgehead atoms. The third-order valence-electron chi connectivity index (χ3n) is 2.42. The highest BCUT2D eigenvalue weighted by Gasteiger charge is 2.34. The van der Waals surface area contributed by atoms with Gasteiger partial charge in [0.25, 0.3) is 0 Å². The average Bonchev–Trinajstić information content (AvgIpc) is 2.45. The molecule has 2 rings (SSSR count). The summed E-state index contributed by atoms with van der Waals surface area (Å²) < 4.78 is 44.2. The van der Waals surface area contributed by atoms with E-state index in [0.29, 0.717) is 0 Å². The van der Waals surface area contributed by atoms with Crippen molar-refractivity contribution in [2.45, 2.75) is 12.8 Å². The number of halogens is 4. The maximum atomic E-state index is 12.7. The maximum absolute atomic E-state index is 12.7. The molecule has 0 amide bonds. The van der Waals surface area contributed by atoms with E-state index in [1.54, 1.807) is 24.3 Å². The van der Waals surface area contributed by atoms with E-state index in [4.69, 9.17) is 10.6 Å². The van der Waals surface area contributed by atoms with E-state index in [0.717, 1.165) is 16.1 Å². The zero-order valence-electron chi connectivity index (χ0n) is 10.5. The third kappa shape index (κ3) is 4.30. The first-order valence-corrected chi connectivity index (χ1v) is 6.48. The van der Waals surface area contributed by atoms with E-state index in [-0.39, 0.29) is 18.4 Å². The van der Waals surface area contributed by atoms with Crippen LogP contribution in [-0.4, -0.2) is 9.97 Å². The van der Waals surface area contributed by atoms with E-state index < -0.39 is 11.9 Å². The fourth-order valence-corrected chi connectivity index (χ4v) is 1.71. The largest absolute Gasteiger partial charge is 0.473 e. The molecule has 5 nitrogen and oxygen atoms in total. The fraction of sp³-hybridized carbons (Fsp3) is 0.167. The summed E-state index contributed by atoms with van der Waals surface area (Å²) in [5.41, 5.74) is 1.63. The van der Waals surface area contributed by atoms with Crippen molar-refractivity contribution in [3.05, 3.63) is 46.1 Å². The van der Waals surface area contributed by atoms with Crippen molar-refractivity contribution in [3.8, 4) is 5.88 Å². The Labute approximate surface area is 126 Å². The minimum Gasteiger partial charge on any atom is -0.473 e. The van der Waals surface area contributed by atoms with Gasteiger partial charge in [0.1, 0.15) is 6.61 Å². The summed E-state index contributed by atoms with van der Waals surface area (Å²) in [6.07, 6.45) is -4.61. The number of hydrazine groups is 1. The molecule has 0 spiro atoms. The summed E-state index contributed by atoms with van der Waals surface area (Å²) in [7, 11) is 0. The molecular weight excluding hydrogens is 353 g/mol. The number of hydrogen-bond donors (Lipinski definition) is 2. The second-order valence-corrected chi connectivity index (χ2v) is 4.89. The molecule has 0 aliphatic heterocycles. The second kappa shape index (κ2) is 6.27. The first kappa shape index (κ1) is 15.5. The normalized spacial score (nSPS) is 11.3. The average molecular weight is 363 g/mol. The molecule has 0 radical (unpaired) electrons. The lowest BCUT2D eigenvalue weighted by Crippen LogP contribution is -2.16. The standard InChI is InChI=1S/C12H10BrF3N4O/c13-8-3-1-7(2-4-8)6-21-10-5-9(12(14,15)16)18-11(19-10)20-17/h1-5H,6,17H2,(H,18,19,20). The Morgan fingerprint density at radius 3 is 2.43 bits per heavy atom. The molecular formula is C12H10BrF3N4O. The lowest BCUT2D eigenvalue weighted by Gasteiger charge is -2.11. The second-order valence-electron chi connectivity index (χ2n) is 3.97. The molecule has 0 saturated carbocycles. The fourth-order valence-electron chi connectivity index (χ4n) is 1.45. The van der Waals surface area contributed by atoms with Crippen LogP contribution in [0.15, 0.2) is 34.8 Å². The van der Waals surface area contributed by atoms with Crippen LogP contribution in [0.3, 0.4) is 0 Å². The van der Waals surface area contributed by atoms with E-state index in [2.05, 4.69) is 25.9 Å². The van der Waals surface area contributed by atoms with Gasteiger partial charge in [0, 0.05) is 10.5 Å². The van der Waals surface area contributed by atoms with Crippen LogP contribution in [0.5, 0.6) is 5.88 Å². The lowest BCUT2D eigenvalue weighted by atomic mass is 10.2. The highest BCUT2D eigenvalue weighted by Crippen LogP contribution is 2.30. The number of nitrogens with zero attached hydrogens (tertiary/aromatic N) is 2. The van der Waals surface area contributed by atoms with E-state index in [1.807, 2.05) is 5.43 Å². The number of rotatable bonds is 4. The highest BCUT2D eigenvalue weighted by atomic mass is 79.9. The monoisotopic (exact) mass is 362 g/mol. The van der Waals surface area contributed by atoms with Gasteiger partial charge in [-0.3, -0.25) is 5.43 Å². The Kier molecular flexibility index (Phi) is 4.63. The van der Waals surface area contributed by atoms with Crippen LogP contribution in [0.1, 0.15) is 11.3 Å². The van der Waals surface area contributed by atoms with Crippen LogP contribution in [0, 0.1) is 0 Å². The summed E-state index contributed by atoms with van der Waals surface area (Å²) in [6.45, 7) is 0.0750. The molecule has 0 aliphatic carbocycles. The number of nitrogen functional groups attached to an aromatic ring is 1. The molecule has 3 N–H and O–H groups in total. The Morgan fingerprint density at radius 1 is 1.19 bits per heavy atom. The van der Waals surface area contributed by atoms with Crippen molar-refractivity contribution >= 4 is 21.9 Å². The SMILES string of the molecule is NNc1nc(OCc2ccc(Br)cc2)cc(C(F)(F)F)n1. The van der Waals surface area contributed by atoms with Gasteiger partial charge in [-0.25, -0.2) is 10.8 Å². The summed E-state index contributed by atoms with van der Waals surface area (Å²) in [4.78, 5) is 6.95. The molecule has 1 aromatic heterocycles. The van der Waals surface area contributed by atoms with Gasteiger partial charge in [0.05, 0.1) is 0 Å². The zero-order chi connectivity index (χ0) is 15.5. The van der Waals surface area contributed by atoms with Crippen molar-refractivity contribution in [1.82, 2.24) is 9.97 Å². The summed E-state index contributed by atoms with van der Waals surface area (Å²) >= 11 is 3.28. The van der Waals surface area contributed by atoms with Crippen molar-refractivity contribution in [2.24, 2.45) is 5.84 Å². The van der Waals surface area contributed by atoms with Gasteiger partial charge >= 0.3 is 6.18 Å². The Balaban J connectivity index is 2.17. The van der Waals surface area contributed by atoms with Crippen LogP contribution >= 0.6 is 15.9 Å². The molecule has 0 fully saturated rings. The van der Waals surface area contributed by atoms with Crippen LogP contribution < -0.4 is 16.0 Å². The highest BCUT2D eigenvalue weighted by molar-refractivity contribution is 9.10. The Morgan fingerprint density at radius 2 is 1.86 bits per heavy atom. The van der Waals surface area contributed by atoms with Crippen molar-refractivity contribution in [2.75, 3.05) is 5.43 Å². The lowest BCUT2D eigenvalue weighted by molar-refractivity contribution is -0.141. The van der Waals surface area contributed by atoms with Gasteiger partial charge in [0.2, 0.25) is 11.8 Å². The van der Waals surface area contributed by atoms with Gasteiger partial charge in [-0.2, -0.15) is 18.2 Å². The minimum atomic E-state index is -4.61. The van der Waals surface area contributed by atoms with Crippen molar-refractivity contribution in [3.63, 3.8) is 0 Å². The van der Waals surface area contributed by atoms with Gasteiger partial charge in [-0.05, 0) is 17.7 Å². The van der Waals surface area contributed by atoms with Crippen molar-refractivity contribution in [1.29, 1.82) is 0 Å². The first-order valence-electron chi connectivity index (χ1n) is 5.68. The van der Waals surface area contributed by atoms with E-state index in [1.165, 1.54) is 0 Å². The van der Waals surface area contributed by atoms with Crippen LogP contribution in [0.25, 0.3) is 0 Å². The smallest absolute Gasteiger partial charge is 0.433 e. The number of nitrogens with one attached hydrogen (secondary N) is 1. The topological polar surface area (TPSA) is 73.1 Å². The van der Waals surface area contributed by atoms with Crippen LogP contribution in [-0.2, 0) is 12.8 Å². The summed E-state index contributed by atoms with van der Waals surface area (Å²) in [5, 5.41) is 0. The molecule has 2 aromatic rings. The summed E-state index contributed by atoms with van der Waals surface area (Å²) in [6, 6.07) is 7.87. The Bertz CT molecular complexity index is 619. The molecule has 9 heteroatoms. The molecule has 0 aliphatic rings. The van der Waals surface area contributed by atoms with Gasteiger partial charge in [-0.1, -0.05) is 28.1 Å². The zero-order valence-corrected chi connectivity index (χ0v) is 12.1. The number of hydrogen-bond acceptors (Lipinski definition) is 5. The Hall–Kier alpha value is -1.87. The molecule has 21 heavy (non-hydrogen) atoms. The van der Waals surface area contributed by atoms with Crippen molar-refractivity contribution < 1.29 is 17.9 Å². The molecule has 0 atom stereocenters. The third-order valence-corrected chi connectivity index (χ3v) is 2.95. The molecule has 0 unspecified atom stereocenters. The molecule has 112 valence electrons.